The van der Waals surface area contributed by atoms with E-state index in [0.717, 1.165) is 20.1 Å². The standard InChI is InChI=1S/C14H12Br2N2O/c1-9-3-5-13(11(15)7-9)17-18(19)14-6-4-10(2)8-12(14)16/h3-8H,1-2H3. The molecule has 0 aliphatic heterocycles. The zero-order valence-electron chi connectivity index (χ0n) is 10.5. The van der Waals surface area contributed by atoms with Gasteiger partial charge in [-0.25, -0.2) is 0 Å². The van der Waals surface area contributed by atoms with Crippen LogP contribution in [0.4, 0.5) is 11.4 Å². The number of hydrogen-bond acceptors (Lipinski definition) is 2. The molecule has 0 fully saturated rings. The summed E-state index contributed by atoms with van der Waals surface area (Å²) >= 11 is 6.79. The first-order valence-corrected chi connectivity index (χ1v) is 7.27. The Bertz CT molecular complexity index is 654. The lowest BCUT2D eigenvalue weighted by Crippen LogP contribution is -1.92. The molecule has 98 valence electrons. The summed E-state index contributed by atoms with van der Waals surface area (Å²) in [5, 5.41) is 16.1. The zero-order chi connectivity index (χ0) is 14.0. The average Bonchev–Trinajstić information content (AvgIpc) is 2.32. The molecule has 19 heavy (non-hydrogen) atoms. The highest BCUT2D eigenvalue weighted by atomic mass is 79.9. The number of hydrogen-bond donors (Lipinski definition) is 0. The third-order valence-electron chi connectivity index (χ3n) is 2.61. The fraction of sp³-hybridized carbons (Fsp3) is 0.143. The molecule has 3 nitrogen and oxygen atoms in total. The van der Waals surface area contributed by atoms with E-state index in [0.29, 0.717) is 16.2 Å². The van der Waals surface area contributed by atoms with Crippen molar-refractivity contribution in [2.24, 2.45) is 5.11 Å². The highest BCUT2D eigenvalue weighted by Gasteiger charge is 2.11. The van der Waals surface area contributed by atoms with Crippen molar-refractivity contribution in [2.75, 3.05) is 0 Å². The van der Waals surface area contributed by atoms with Crippen molar-refractivity contribution in [2.45, 2.75) is 13.8 Å². The number of azo groups is 1. The highest BCUT2D eigenvalue weighted by Crippen LogP contribution is 2.30. The average molecular weight is 384 g/mol. The van der Waals surface area contributed by atoms with Crippen molar-refractivity contribution < 1.29 is 4.86 Å². The second kappa shape index (κ2) is 5.84. The van der Waals surface area contributed by atoms with E-state index in [1.54, 1.807) is 6.07 Å². The first-order valence-electron chi connectivity index (χ1n) is 5.68. The van der Waals surface area contributed by atoms with E-state index in [1.165, 1.54) is 0 Å². The maximum absolute atomic E-state index is 12.1. The molecule has 0 aliphatic rings. The third kappa shape index (κ3) is 3.42. The molecule has 0 saturated carbocycles. The predicted molar refractivity (Wildman–Crippen MR) is 83.1 cm³/mol. The molecule has 0 amide bonds. The van der Waals surface area contributed by atoms with E-state index in [1.807, 2.05) is 44.2 Å². The largest absolute Gasteiger partial charge is 0.594 e. The van der Waals surface area contributed by atoms with Crippen molar-refractivity contribution in [3.63, 3.8) is 0 Å². The molecule has 0 saturated heterocycles. The van der Waals surface area contributed by atoms with Crippen LogP contribution in [0.1, 0.15) is 11.1 Å². The van der Waals surface area contributed by atoms with Crippen LogP contribution < -0.4 is 0 Å². The van der Waals surface area contributed by atoms with Gasteiger partial charge >= 0.3 is 0 Å². The minimum atomic E-state index is 0.484. The predicted octanol–water partition coefficient (Wildman–Crippen LogP) is 5.75. The Balaban J connectivity index is 2.42. The molecule has 0 aromatic heterocycles. The molecular formula is C14H12Br2N2O. The fourth-order valence-electron chi connectivity index (χ4n) is 1.61. The van der Waals surface area contributed by atoms with Gasteiger partial charge in [0.25, 0.3) is 5.69 Å². The van der Waals surface area contributed by atoms with Crippen molar-refractivity contribution in [1.82, 2.24) is 0 Å². The normalized spacial score (nSPS) is 11.7. The molecule has 0 aliphatic carbocycles. The Morgan fingerprint density at radius 1 is 0.947 bits per heavy atom. The number of nitrogens with zero attached hydrogens (tertiary/aromatic N) is 2. The van der Waals surface area contributed by atoms with E-state index in [4.69, 9.17) is 0 Å². The van der Waals surface area contributed by atoms with Gasteiger partial charge in [-0.3, -0.25) is 0 Å². The molecule has 0 radical (unpaired) electrons. The van der Waals surface area contributed by atoms with Crippen molar-refractivity contribution in [3.8, 4) is 0 Å². The number of benzene rings is 2. The van der Waals surface area contributed by atoms with Crippen molar-refractivity contribution >= 4 is 43.2 Å². The molecule has 0 atom stereocenters. The van der Waals surface area contributed by atoms with Gasteiger partial charge in [0.2, 0.25) is 0 Å². The van der Waals surface area contributed by atoms with Crippen LogP contribution in [0.2, 0.25) is 0 Å². The summed E-state index contributed by atoms with van der Waals surface area (Å²) in [6.07, 6.45) is 0. The molecular weight excluding hydrogens is 372 g/mol. The maximum Gasteiger partial charge on any atom is 0.259 e. The molecule has 2 aromatic rings. The Morgan fingerprint density at radius 2 is 1.53 bits per heavy atom. The molecule has 5 heteroatoms. The smallest absolute Gasteiger partial charge is 0.259 e. The summed E-state index contributed by atoms with van der Waals surface area (Å²) in [5.74, 6) is 0. The molecule has 2 rings (SSSR count). The van der Waals surface area contributed by atoms with Gasteiger partial charge in [-0.1, -0.05) is 12.1 Å². The van der Waals surface area contributed by atoms with Crippen LogP contribution in [0, 0.1) is 19.1 Å². The summed E-state index contributed by atoms with van der Waals surface area (Å²) in [6.45, 7) is 3.96. The Morgan fingerprint density at radius 3 is 2.11 bits per heavy atom. The van der Waals surface area contributed by atoms with Crippen LogP contribution in [0.3, 0.4) is 0 Å². The van der Waals surface area contributed by atoms with Crippen LogP contribution in [0.15, 0.2) is 50.5 Å². The van der Waals surface area contributed by atoms with Gasteiger partial charge in [-0.15, -0.1) is 0 Å². The Hall–Kier alpha value is -1.20. The SMILES string of the molecule is Cc1ccc(N=[N+]([O-])c2ccc(C)cc2Br)c(Br)c1. The van der Waals surface area contributed by atoms with Gasteiger partial charge in [-0.05, 0) is 79.9 Å². The Kier molecular flexibility index (Phi) is 4.37. The number of aryl methyl sites for hydroxylation is 2. The van der Waals surface area contributed by atoms with Crippen molar-refractivity contribution in [3.05, 3.63) is 61.7 Å². The van der Waals surface area contributed by atoms with Gasteiger partial charge in [0.05, 0.1) is 4.47 Å². The Labute approximate surface area is 128 Å². The maximum atomic E-state index is 12.1. The quantitative estimate of drug-likeness (QED) is 0.369. The second-order valence-electron chi connectivity index (χ2n) is 4.28. The van der Waals surface area contributed by atoms with Crippen LogP contribution in [-0.4, -0.2) is 4.86 Å². The second-order valence-corrected chi connectivity index (χ2v) is 5.99. The first kappa shape index (κ1) is 14.2. The number of rotatable bonds is 2. The lowest BCUT2D eigenvalue weighted by atomic mass is 10.2. The van der Waals surface area contributed by atoms with Crippen LogP contribution >= 0.6 is 31.9 Å². The van der Waals surface area contributed by atoms with Crippen LogP contribution in [-0.2, 0) is 0 Å². The van der Waals surface area contributed by atoms with E-state index in [2.05, 4.69) is 37.0 Å². The summed E-state index contributed by atoms with van der Waals surface area (Å²) < 4.78 is 1.53. The summed E-state index contributed by atoms with van der Waals surface area (Å²) in [7, 11) is 0. The molecule has 0 N–H and O–H groups in total. The van der Waals surface area contributed by atoms with Crippen LogP contribution in [0.25, 0.3) is 0 Å². The topological polar surface area (TPSA) is 38.4 Å². The van der Waals surface area contributed by atoms with Gasteiger partial charge in [0, 0.05) is 15.7 Å². The van der Waals surface area contributed by atoms with E-state index < -0.39 is 0 Å². The highest BCUT2D eigenvalue weighted by molar-refractivity contribution is 9.11. The molecule has 0 unspecified atom stereocenters. The summed E-state index contributed by atoms with van der Waals surface area (Å²) in [4.78, 5) is 0.624. The van der Waals surface area contributed by atoms with Crippen LogP contribution in [0.5, 0.6) is 0 Å². The van der Waals surface area contributed by atoms with E-state index >= 15 is 0 Å². The summed E-state index contributed by atoms with van der Waals surface area (Å²) in [5.41, 5.74) is 3.28. The van der Waals surface area contributed by atoms with Gasteiger partial charge in [-0.2, -0.15) is 0 Å². The van der Waals surface area contributed by atoms with Gasteiger partial charge in [0.15, 0.2) is 0 Å². The minimum absolute atomic E-state index is 0.484. The summed E-state index contributed by atoms with van der Waals surface area (Å²) in [6, 6.07) is 11.2. The number of halogens is 2. The van der Waals surface area contributed by atoms with Gasteiger partial charge < -0.3 is 5.21 Å². The zero-order valence-corrected chi connectivity index (χ0v) is 13.7. The fourth-order valence-corrected chi connectivity index (χ4v) is 2.83. The minimum Gasteiger partial charge on any atom is -0.594 e. The lowest BCUT2D eigenvalue weighted by Gasteiger charge is -2.04. The molecule has 2 aromatic carbocycles. The molecule has 0 heterocycles. The van der Waals surface area contributed by atoms with E-state index in [-0.39, 0.29) is 0 Å². The monoisotopic (exact) mass is 382 g/mol. The van der Waals surface area contributed by atoms with E-state index in [9.17, 15) is 5.21 Å². The first-order chi connectivity index (χ1) is 8.97. The third-order valence-corrected chi connectivity index (χ3v) is 3.88. The van der Waals surface area contributed by atoms with Crippen molar-refractivity contribution in [1.29, 1.82) is 0 Å². The molecule has 0 spiro atoms. The lowest BCUT2D eigenvalue weighted by molar-refractivity contribution is -0.436. The van der Waals surface area contributed by atoms with Gasteiger partial charge in [0.1, 0.15) is 5.69 Å². The molecule has 0 bridgehead atoms.